The minimum Gasteiger partial charge on any atom is -0.356 e. The Morgan fingerprint density at radius 1 is 1.03 bits per heavy atom. The summed E-state index contributed by atoms with van der Waals surface area (Å²) in [4.78, 5) is 32.4. The molecular weight excluding hydrogens is 402 g/mol. The van der Waals surface area contributed by atoms with E-state index in [1.54, 1.807) is 7.05 Å². The molecule has 0 spiro atoms. The zero-order valence-corrected chi connectivity index (χ0v) is 18.6. The van der Waals surface area contributed by atoms with Gasteiger partial charge in [0.2, 0.25) is 11.8 Å². The zero-order chi connectivity index (χ0) is 22.3. The largest absolute Gasteiger partial charge is 0.356 e. The molecule has 0 bridgehead atoms. The van der Waals surface area contributed by atoms with Gasteiger partial charge in [0, 0.05) is 58.3 Å². The number of nitrogens with zero attached hydrogens (tertiary/aromatic N) is 3. The summed E-state index contributed by atoms with van der Waals surface area (Å²) in [7, 11) is 1.74. The second-order valence-electron chi connectivity index (χ2n) is 8.29. The molecule has 7 heteroatoms. The summed E-state index contributed by atoms with van der Waals surface area (Å²) in [5.74, 6) is 1.11. The van der Waals surface area contributed by atoms with Gasteiger partial charge in [-0.15, -0.1) is 0 Å². The SMILES string of the molecule is CN=C(NCCCC(=O)N1Cc2ccccc2C1)NCc1ccc(N2CCCC2=O)cc1. The van der Waals surface area contributed by atoms with Crippen LogP contribution in [0, 0.1) is 0 Å². The molecule has 2 heterocycles. The first-order valence-corrected chi connectivity index (χ1v) is 11.3. The Kier molecular flexibility index (Phi) is 7.04. The van der Waals surface area contributed by atoms with Crippen LogP contribution in [0.1, 0.15) is 42.4 Å². The van der Waals surface area contributed by atoms with Crippen molar-refractivity contribution in [2.75, 3.05) is 25.0 Å². The number of carbonyl (C=O) groups excluding carboxylic acids is 2. The molecule has 1 fully saturated rings. The van der Waals surface area contributed by atoms with Crippen LogP contribution in [0.15, 0.2) is 53.5 Å². The van der Waals surface area contributed by atoms with Crippen molar-refractivity contribution in [3.05, 3.63) is 65.2 Å². The maximum absolute atomic E-state index is 12.5. The van der Waals surface area contributed by atoms with Crippen LogP contribution in [0.5, 0.6) is 0 Å². The number of hydrogen-bond acceptors (Lipinski definition) is 3. The molecule has 2 aromatic carbocycles. The molecule has 0 radical (unpaired) electrons. The lowest BCUT2D eigenvalue weighted by Gasteiger charge is -2.17. The number of hydrogen-bond donors (Lipinski definition) is 2. The zero-order valence-electron chi connectivity index (χ0n) is 18.6. The average Bonchev–Trinajstić information content (AvgIpc) is 3.45. The highest BCUT2D eigenvalue weighted by Crippen LogP contribution is 2.23. The number of fused-ring (bicyclic) bond motifs is 1. The third kappa shape index (κ3) is 5.28. The molecule has 32 heavy (non-hydrogen) atoms. The number of guanidine groups is 1. The summed E-state index contributed by atoms with van der Waals surface area (Å²) in [6.07, 6.45) is 2.85. The van der Waals surface area contributed by atoms with Crippen LogP contribution in [0.3, 0.4) is 0 Å². The van der Waals surface area contributed by atoms with E-state index in [1.807, 2.05) is 46.2 Å². The van der Waals surface area contributed by atoms with E-state index in [0.717, 1.165) is 43.7 Å². The fraction of sp³-hybridized carbons (Fsp3) is 0.400. The minimum atomic E-state index is 0.197. The molecule has 7 nitrogen and oxygen atoms in total. The molecule has 0 unspecified atom stereocenters. The lowest BCUT2D eigenvalue weighted by Crippen LogP contribution is -2.37. The van der Waals surface area contributed by atoms with Crippen LogP contribution in [0.2, 0.25) is 0 Å². The van der Waals surface area contributed by atoms with Crippen molar-refractivity contribution >= 4 is 23.5 Å². The molecule has 2 amide bonds. The van der Waals surface area contributed by atoms with Gasteiger partial charge in [0.25, 0.3) is 0 Å². The number of anilines is 1. The van der Waals surface area contributed by atoms with Gasteiger partial charge < -0.3 is 20.4 Å². The number of aliphatic imine (C=N–C) groups is 1. The van der Waals surface area contributed by atoms with Crippen molar-refractivity contribution < 1.29 is 9.59 Å². The van der Waals surface area contributed by atoms with E-state index >= 15 is 0 Å². The van der Waals surface area contributed by atoms with Crippen LogP contribution < -0.4 is 15.5 Å². The molecule has 4 rings (SSSR count). The predicted molar refractivity (Wildman–Crippen MR) is 126 cm³/mol. The van der Waals surface area contributed by atoms with Gasteiger partial charge in [-0.3, -0.25) is 14.6 Å². The van der Waals surface area contributed by atoms with E-state index in [-0.39, 0.29) is 11.8 Å². The minimum absolute atomic E-state index is 0.197. The van der Waals surface area contributed by atoms with E-state index in [9.17, 15) is 9.59 Å². The molecule has 1 saturated heterocycles. The van der Waals surface area contributed by atoms with Crippen molar-refractivity contribution in [1.82, 2.24) is 15.5 Å². The fourth-order valence-corrected chi connectivity index (χ4v) is 4.24. The van der Waals surface area contributed by atoms with Crippen LogP contribution in [0.25, 0.3) is 0 Å². The number of benzene rings is 2. The Balaban J connectivity index is 1.15. The molecule has 0 aromatic heterocycles. The van der Waals surface area contributed by atoms with Crippen LogP contribution in [-0.4, -0.2) is 42.8 Å². The smallest absolute Gasteiger partial charge is 0.227 e. The number of amides is 2. The van der Waals surface area contributed by atoms with Crippen LogP contribution >= 0.6 is 0 Å². The highest BCUT2D eigenvalue weighted by molar-refractivity contribution is 5.95. The molecule has 2 N–H and O–H groups in total. The van der Waals surface area contributed by atoms with Gasteiger partial charge in [-0.25, -0.2) is 0 Å². The van der Waals surface area contributed by atoms with Crippen molar-refractivity contribution in [3.63, 3.8) is 0 Å². The summed E-state index contributed by atoms with van der Waals surface area (Å²) in [6.45, 7) is 3.56. The fourth-order valence-electron chi connectivity index (χ4n) is 4.24. The lowest BCUT2D eigenvalue weighted by molar-refractivity contribution is -0.131. The second kappa shape index (κ2) is 10.3. The van der Waals surface area contributed by atoms with Crippen molar-refractivity contribution in [1.29, 1.82) is 0 Å². The number of carbonyl (C=O) groups is 2. The first-order chi connectivity index (χ1) is 15.6. The maximum Gasteiger partial charge on any atom is 0.227 e. The standard InChI is InChI=1S/C25H31N5O2/c1-26-25(28-16-19-10-12-22(13-11-19)30-15-5-9-24(30)32)27-14-4-8-23(31)29-17-20-6-2-3-7-21(20)18-29/h2-3,6-7,10-13H,4-5,8-9,14-18H2,1H3,(H2,26,27,28). The molecular formula is C25H31N5O2. The van der Waals surface area contributed by atoms with Gasteiger partial charge in [0.05, 0.1) is 0 Å². The first kappa shape index (κ1) is 21.9. The van der Waals surface area contributed by atoms with Crippen molar-refractivity contribution in [3.8, 4) is 0 Å². The Labute approximate surface area is 189 Å². The van der Waals surface area contributed by atoms with Gasteiger partial charge in [0.1, 0.15) is 0 Å². The molecule has 0 aliphatic carbocycles. The van der Waals surface area contributed by atoms with Gasteiger partial charge in [-0.1, -0.05) is 36.4 Å². The quantitative estimate of drug-likeness (QED) is 0.400. The van der Waals surface area contributed by atoms with Crippen molar-refractivity contribution in [2.45, 2.75) is 45.3 Å². The summed E-state index contributed by atoms with van der Waals surface area (Å²) < 4.78 is 0. The van der Waals surface area contributed by atoms with E-state index in [1.165, 1.54) is 11.1 Å². The van der Waals surface area contributed by atoms with Crippen LogP contribution in [0.4, 0.5) is 5.69 Å². The number of nitrogens with one attached hydrogen (secondary N) is 2. The van der Waals surface area contributed by atoms with E-state index in [4.69, 9.17) is 0 Å². The van der Waals surface area contributed by atoms with Crippen molar-refractivity contribution in [2.24, 2.45) is 4.99 Å². The molecule has 0 atom stereocenters. The Bertz CT molecular complexity index is 961. The van der Waals surface area contributed by atoms with Gasteiger partial charge in [-0.2, -0.15) is 0 Å². The summed E-state index contributed by atoms with van der Waals surface area (Å²) in [5, 5.41) is 6.58. The van der Waals surface area contributed by atoms with Gasteiger partial charge in [0.15, 0.2) is 5.96 Å². The highest BCUT2D eigenvalue weighted by atomic mass is 16.2. The Hall–Kier alpha value is -3.35. The molecule has 2 aliphatic rings. The third-order valence-corrected chi connectivity index (χ3v) is 6.06. The highest BCUT2D eigenvalue weighted by Gasteiger charge is 2.22. The Morgan fingerprint density at radius 2 is 1.75 bits per heavy atom. The molecule has 168 valence electrons. The topological polar surface area (TPSA) is 77.0 Å². The predicted octanol–water partition coefficient (Wildman–Crippen LogP) is 2.80. The summed E-state index contributed by atoms with van der Waals surface area (Å²) in [5.41, 5.74) is 4.59. The average molecular weight is 434 g/mol. The summed E-state index contributed by atoms with van der Waals surface area (Å²) >= 11 is 0. The van der Waals surface area contributed by atoms with E-state index in [2.05, 4.69) is 27.8 Å². The molecule has 0 saturated carbocycles. The molecule has 2 aromatic rings. The van der Waals surface area contributed by atoms with Crippen LogP contribution in [-0.2, 0) is 29.2 Å². The number of rotatable bonds is 7. The van der Waals surface area contributed by atoms with E-state index in [0.29, 0.717) is 31.9 Å². The Morgan fingerprint density at radius 3 is 2.38 bits per heavy atom. The van der Waals surface area contributed by atoms with E-state index < -0.39 is 0 Å². The maximum atomic E-state index is 12.5. The second-order valence-corrected chi connectivity index (χ2v) is 8.29. The molecule has 2 aliphatic heterocycles. The third-order valence-electron chi connectivity index (χ3n) is 6.06. The summed E-state index contributed by atoms with van der Waals surface area (Å²) in [6, 6.07) is 16.3. The first-order valence-electron chi connectivity index (χ1n) is 11.3. The lowest BCUT2D eigenvalue weighted by atomic mass is 10.1. The van der Waals surface area contributed by atoms with Gasteiger partial charge >= 0.3 is 0 Å². The normalized spacial score (nSPS) is 15.8. The monoisotopic (exact) mass is 433 g/mol. The van der Waals surface area contributed by atoms with Gasteiger partial charge in [-0.05, 0) is 41.7 Å².